The Balaban J connectivity index is 2.07. The lowest BCUT2D eigenvalue weighted by atomic mass is 9.87. The predicted octanol–water partition coefficient (Wildman–Crippen LogP) is 4.68. The molecule has 6 heteroatoms. The molecule has 0 saturated carbocycles. The lowest BCUT2D eigenvalue weighted by Gasteiger charge is -2.27. The molecule has 2 aromatic carbocycles. The smallest absolute Gasteiger partial charge is 0.241 e. The van der Waals surface area contributed by atoms with Crippen molar-refractivity contribution in [2.24, 2.45) is 0 Å². The van der Waals surface area contributed by atoms with E-state index in [-0.39, 0.29) is 4.90 Å². The van der Waals surface area contributed by atoms with Gasteiger partial charge in [0.25, 0.3) is 0 Å². The zero-order valence-corrected chi connectivity index (χ0v) is 16.2. The highest BCUT2D eigenvalue weighted by Crippen LogP contribution is 2.37. The monoisotopic (exact) mass is 396 g/mol. The van der Waals surface area contributed by atoms with Crippen LogP contribution >= 0.6 is 0 Å². The maximum atomic E-state index is 14.6. The van der Waals surface area contributed by atoms with Gasteiger partial charge in [-0.15, -0.1) is 0 Å². The van der Waals surface area contributed by atoms with Gasteiger partial charge >= 0.3 is 0 Å². The summed E-state index contributed by atoms with van der Waals surface area (Å²) in [5.74, 6) is -1.53. The fourth-order valence-electron chi connectivity index (χ4n) is 3.06. The third kappa shape index (κ3) is 4.52. The third-order valence-corrected chi connectivity index (χ3v) is 5.94. The van der Waals surface area contributed by atoms with Gasteiger partial charge in [-0.25, -0.2) is 17.5 Å². The maximum absolute atomic E-state index is 14.6. The van der Waals surface area contributed by atoms with E-state index < -0.39 is 27.8 Å². The molecule has 0 aliphatic carbocycles. The van der Waals surface area contributed by atoms with Gasteiger partial charge in [0.05, 0.1) is 16.9 Å². The molecule has 0 aliphatic rings. The largest absolute Gasteiger partial charge is 0.264 e. The van der Waals surface area contributed by atoms with Crippen molar-refractivity contribution in [3.05, 3.63) is 108 Å². The van der Waals surface area contributed by atoms with E-state index in [2.05, 4.69) is 16.3 Å². The standard InChI is InChI=1S/C22H21FN2O2S/c1-16-10-12-20(13-11-16)28(26,27)25-22(19-9-6-14-24-15-19)21(17(2)23)18-7-4-3-5-8-18/h3-15,21-22,25H,2H2,1H3. The lowest BCUT2D eigenvalue weighted by molar-refractivity contribution is 0.461. The van der Waals surface area contributed by atoms with Crippen LogP contribution in [0.5, 0.6) is 0 Å². The summed E-state index contributed by atoms with van der Waals surface area (Å²) in [4.78, 5) is 4.18. The third-order valence-electron chi connectivity index (χ3n) is 4.49. The quantitative estimate of drug-likeness (QED) is 0.631. The second kappa shape index (κ2) is 8.46. The number of hydrogen-bond acceptors (Lipinski definition) is 3. The highest BCUT2D eigenvalue weighted by atomic mass is 32.2. The first-order valence-electron chi connectivity index (χ1n) is 8.76. The van der Waals surface area contributed by atoms with Gasteiger partial charge < -0.3 is 0 Å². The number of rotatable bonds is 7. The summed E-state index contributed by atoms with van der Waals surface area (Å²) in [7, 11) is -3.90. The zero-order chi connectivity index (χ0) is 20.1. The van der Waals surface area contributed by atoms with Crippen LogP contribution in [-0.2, 0) is 10.0 Å². The lowest BCUT2D eigenvalue weighted by Crippen LogP contribution is -2.33. The Morgan fingerprint density at radius 1 is 1.00 bits per heavy atom. The highest BCUT2D eigenvalue weighted by molar-refractivity contribution is 7.89. The fourth-order valence-corrected chi connectivity index (χ4v) is 4.29. The number of aryl methyl sites for hydroxylation is 1. The molecule has 0 fully saturated rings. The van der Waals surface area contributed by atoms with E-state index in [0.29, 0.717) is 11.1 Å². The summed E-state index contributed by atoms with van der Waals surface area (Å²) in [6.45, 7) is 5.35. The minimum absolute atomic E-state index is 0.114. The summed E-state index contributed by atoms with van der Waals surface area (Å²) in [5, 5.41) is 0. The number of benzene rings is 2. The second-order valence-electron chi connectivity index (χ2n) is 6.53. The highest BCUT2D eigenvalue weighted by Gasteiger charge is 2.32. The van der Waals surface area contributed by atoms with Gasteiger partial charge in [0.15, 0.2) is 0 Å². The Morgan fingerprint density at radius 2 is 1.64 bits per heavy atom. The topological polar surface area (TPSA) is 59.1 Å². The van der Waals surface area contributed by atoms with E-state index in [1.165, 1.54) is 18.3 Å². The molecule has 3 rings (SSSR count). The number of nitrogens with zero attached hydrogens (tertiary/aromatic N) is 1. The van der Waals surface area contributed by atoms with Crippen molar-refractivity contribution in [1.29, 1.82) is 0 Å². The second-order valence-corrected chi connectivity index (χ2v) is 8.25. The molecule has 2 atom stereocenters. The van der Waals surface area contributed by atoms with Crippen molar-refractivity contribution in [3.8, 4) is 0 Å². The molecule has 0 amide bonds. The van der Waals surface area contributed by atoms with Gasteiger partial charge in [-0.3, -0.25) is 4.98 Å². The molecule has 3 aromatic rings. The van der Waals surface area contributed by atoms with Crippen molar-refractivity contribution in [3.63, 3.8) is 0 Å². The molecule has 1 N–H and O–H groups in total. The van der Waals surface area contributed by atoms with Crippen molar-refractivity contribution in [1.82, 2.24) is 9.71 Å². The van der Waals surface area contributed by atoms with Gasteiger partial charge in [-0.05, 0) is 36.2 Å². The molecule has 4 nitrogen and oxygen atoms in total. The molecular weight excluding hydrogens is 375 g/mol. The Morgan fingerprint density at radius 3 is 2.21 bits per heavy atom. The summed E-state index contributed by atoms with van der Waals surface area (Å²) >= 11 is 0. The normalized spacial score (nSPS) is 13.6. The van der Waals surface area contributed by atoms with Gasteiger partial charge in [-0.2, -0.15) is 0 Å². The molecule has 0 bridgehead atoms. The Labute approximate surface area is 164 Å². The van der Waals surface area contributed by atoms with E-state index in [4.69, 9.17) is 0 Å². The van der Waals surface area contributed by atoms with Crippen LogP contribution in [0.15, 0.2) is 96.4 Å². The summed E-state index contributed by atoms with van der Waals surface area (Å²) in [5.41, 5.74) is 2.11. The maximum Gasteiger partial charge on any atom is 0.241 e. The fraction of sp³-hybridized carbons (Fsp3) is 0.136. The van der Waals surface area contributed by atoms with Crippen LogP contribution in [0.1, 0.15) is 28.7 Å². The molecule has 1 heterocycles. The molecule has 0 spiro atoms. The minimum Gasteiger partial charge on any atom is -0.264 e. The Bertz CT molecular complexity index is 1040. The number of nitrogens with one attached hydrogen (secondary N) is 1. The van der Waals surface area contributed by atoms with E-state index in [1.54, 1.807) is 54.7 Å². The van der Waals surface area contributed by atoms with E-state index in [0.717, 1.165) is 5.56 Å². The van der Waals surface area contributed by atoms with Crippen LogP contribution in [0.25, 0.3) is 0 Å². The first-order chi connectivity index (χ1) is 13.4. The van der Waals surface area contributed by atoms with Crippen molar-refractivity contribution >= 4 is 10.0 Å². The van der Waals surface area contributed by atoms with Gasteiger partial charge in [-0.1, -0.05) is 60.7 Å². The number of pyridine rings is 1. The van der Waals surface area contributed by atoms with Crippen LogP contribution in [0.4, 0.5) is 4.39 Å². The number of halogens is 1. The van der Waals surface area contributed by atoms with Crippen molar-refractivity contribution in [2.45, 2.75) is 23.8 Å². The Hall–Kier alpha value is -2.83. The van der Waals surface area contributed by atoms with Crippen LogP contribution in [-0.4, -0.2) is 13.4 Å². The van der Waals surface area contributed by atoms with E-state index >= 15 is 0 Å². The average Bonchev–Trinajstić information content (AvgIpc) is 2.69. The molecular formula is C22H21FN2O2S. The van der Waals surface area contributed by atoms with E-state index in [9.17, 15) is 12.8 Å². The zero-order valence-electron chi connectivity index (χ0n) is 15.4. The molecule has 28 heavy (non-hydrogen) atoms. The molecule has 144 valence electrons. The predicted molar refractivity (Wildman–Crippen MR) is 108 cm³/mol. The summed E-state index contributed by atoms with van der Waals surface area (Å²) in [6.07, 6.45) is 3.11. The molecule has 0 saturated heterocycles. The Kier molecular flexibility index (Phi) is 6.02. The molecule has 1 aromatic heterocycles. The van der Waals surface area contributed by atoms with Crippen LogP contribution < -0.4 is 4.72 Å². The van der Waals surface area contributed by atoms with Gasteiger partial charge in [0.2, 0.25) is 10.0 Å². The molecule has 2 unspecified atom stereocenters. The van der Waals surface area contributed by atoms with Crippen LogP contribution in [0, 0.1) is 6.92 Å². The minimum atomic E-state index is -3.90. The van der Waals surface area contributed by atoms with Crippen LogP contribution in [0.2, 0.25) is 0 Å². The van der Waals surface area contributed by atoms with Crippen LogP contribution in [0.3, 0.4) is 0 Å². The number of hydrogen-bond donors (Lipinski definition) is 1. The average molecular weight is 396 g/mol. The van der Waals surface area contributed by atoms with Crippen molar-refractivity contribution in [2.75, 3.05) is 0 Å². The number of sulfonamides is 1. The SMILES string of the molecule is C=C(F)C(c1ccccc1)C(NS(=O)(=O)c1ccc(C)cc1)c1cccnc1. The molecule has 0 radical (unpaired) electrons. The van der Waals surface area contributed by atoms with E-state index in [1.807, 2.05) is 13.0 Å². The van der Waals surface area contributed by atoms with Crippen molar-refractivity contribution < 1.29 is 12.8 Å². The number of aromatic nitrogens is 1. The first kappa shape index (κ1) is 19.9. The summed E-state index contributed by atoms with van der Waals surface area (Å²) < 4.78 is 43.2. The van der Waals surface area contributed by atoms with Gasteiger partial charge in [0.1, 0.15) is 5.83 Å². The molecule has 0 aliphatic heterocycles. The summed E-state index contributed by atoms with van der Waals surface area (Å²) in [6, 6.07) is 17.9. The first-order valence-corrected chi connectivity index (χ1v) is 10.2. The van der Waals surface area contributed by atoms with Gasteiger partial charge in [0, 0.05) is 12.4 Å².